The van der Waals surface area contributed by atoms with E-state index in [4.69, 9.17) is 0 Å². The molecule has 0 spiro atoms. The highest BCUT2D eigenvalue weighted by Gasteiger charge is 2.10. The first-order valence-electron chi connectivity index (χ1n) is 6.76. The molecule has 2 rings (SSSR count). The lowest BCUT2D eigenvalue weighted by atomic mass is 10.1. The van der Waals surface area contributed by atoms with Crippen molar-refractivity contribution in [2.75, 3.05) is 5.32 Å². The van der Waals surface area contributed by atoms with Crippen molar-refractivity contribution in [2.45, 2.75) is 13.8 Å². The number of carbonyl (C=O) groups is 1. The zero-order valence-electron chi connectivity index (χ0n) is 12.4. The normalized spacial score (nSPS) is 10.9. The molecule has 0 bridgehead atoms. The van der Waals surface area contributed by atoms with Crippen LogP contribution in [0.4, 0.5) is 5.69 Å². The summed E-state index contributed by atoms with van der Waals surface area (Å²) in [5.41, 5.74) is 3.77. The zero-order chi connectivity index (χ0) is 16.1. The van der Waals surface area contributed by atoms with Crippen LogP contribution in [0.15, 0.2) is 52.5 Å². The van der Waals surface area contributed by atoms with E-state index in [0.29, 0.717) is 5.69 Å². The van der Waals surface area contributed by atoms with E-state index in [1.807, 2.05) is 62.4 Å². The van der Waals surface area contributed by atoms with Crippen LogP contribution in [0.1, 0.15) is 16.7 Å². The van der Waals surface area contributed by atoms with Gasteiger partial charge in [-0.05, 0) is 54.8 Å². The molecule has 22 heavy (non-hydrogen) atoms. The molecule has 0 aliphatic carbocycles. The van der Waals surface area contributed by atoms with Crippen LogP contribution in [0.5, 0.6) is 0 Å². The summed E-state index contributed by atoms with van der Waals surface area (Å²) in [5, 5.41) is 12.0. The molecule has 0 unspecified atom stereocenters. The quantitative estimate of drug-likeness (QED) is 0.646. The average Bonchev–Trinajstić information content (AvgIpc) is 2.50. The minimum absolute atomic E-state index is 0.0603. The van der Waals surface area contributed by atoms with Crippen molar-refractivity contribution < 1.29 is 4.79 Å². The van der Waals surface area contributed by atoms with Gasteiger partial charge in [0.15, 0.2) is 0 Å². The summed E-state index contributed by atoms with van der Waals surface area (Å²) in [7, 11) is 0. The molecule has 3 nitrogen and oxygen atoms in total. The molecule has 1 amide bonds. The van der Waals surface area contributed by atoms with Gasteiger partial charge < -0.3 is 5.32 Å². The fourth-order valence-electron chi connectivity index (χ4n) is 1.91. The van der Waals surface area contributed by atoms with Crippen molar-refractivity contribution in [1.82, 2.24) is 0 Å². The third-order valence-electron chi connectivity index (χ3n) is 3.33. The fraction of sp³-hybridized carbons (Fsp3) is 0.111. The zero-order valence-corrected chi connectivity index (χ0v) is 13.9. The van der Waals surface area contributed by atoms with E-state index in [2.05, 4.69) is 21.2 Å². The van der Waals surface area contributed by atoms with E-state index in [0.717, 1.165) is 21.2 Å². The lowest BCUT2D eigenvalue weighted by molar-refractivity contribution is -0.112. The monoisotopic (exact) mass is 354 g/mol. The number of halogens is 1. The van der Waals surface area contributed by atoms with Crippen molar-refractivity contribution in [2.24, 2.45) is 0 Å². The van der Waals surface area contributed by atoms with E-state index in [1.165, 1.54) is 0 Å². The van der Waals surface area contributed by atoms with Gasteiger partial charge in [0.1, 0.15) is 11.6 Å². The minimum Gasteiger partial charge on any atom is -0.321 e. The lowest BCUT2D eigenvalue weighted by Crippen LogP contribution is -2.13. The summed E-state index contributed by atoms with van der Waals surface area (Å²) in [6.45, 7) is 3.99. The summed E-state index contributed by atoms with van der Waals surface area (Å²) in [4.78, 5) is 12.2. The highest BCUT2D eigenvalue weighted by atomic mass is 79.9. The summed E-state index contributed by atoms with van der Waals surface area (Å²) >= 11 is 3.40. The van der Waals surface area contributed by atoms with Crippen molar-refractivity contribution in [3.63, 3.8) is 0 Å². The molecule has 2 aromatic carbocycles. The van der Waals surface area contributed by atoms with Crippen LogP contribution < -0.4 is 5.32 Å². The number of amides is 1. The first-order valence-corrected chi connectivity index (χ1v) is 7.55. The van der Waals surface area contributed by atoms with Crippen LogP contribution in [0.3, 0.4) is 0 Å². The highest BCUT2D eigenvalue weighted by Crippen LogP contribution is 2.20. The van der Waals surface area contributed by atoms with Crippen molar-refractivity contribution in [3.05, 3.63) is 69.2 Å². The Morgan fingerprint density at radius 2 is 1.91 bits per heavy atom. The lowest BCUT2D eigenvalue weighted by Gasteiger charge is -2.07. The van der Waals surface area contributed by atoms with Crippen LogP contribution in [0.25, 0.3) is 6.08 Å². The number of anilines is 1. The van der Waals surface area contributed by atoms with Crippen LogP contribution >= 0.6 is 15.9 Å². The van der Waals surface area contributed by atoms with Gasteiger partial charge in [0, 0.05) is 10.2 Å². The van der Waals surface area contributed by atoms with Gasteiger partial charge >= 0.3 is 0 Å². The minimum atomic E-state index is -0.415. The second-order valence-corrected chi connectivity index (χ2v) is 5.80. The molecule has 0 aliphatic heterocycles. The maximum absolute atomic E-state index is 12.2. The molecule has 0 saturated carbocycles. The number of benzene rings is 2. The van der Waals surface area contributed by atoms with Crippen LogP contribution in [-0.4, -0.2) is 5.91 Å². The molecule has 0 aromatic heterocycles. The van der Waals surface area contributed by atoms with Gasteiger partial charge in [-0.25, -0.2) is 0 Å². The smallest absolute Gasteiger partial charge is 0.266 e. The van der Waals surface area contributed by atoms with Gasteiger partial charge in [-0.15, -0.1) is 0 Å². The third kappa shape index (κ3) is 3.84. The average molecular weight is 355 g/mol. The fourth-order valence-corrected chi connectivity index (χ4v) is 2.31. The topological polar surface area (TPSA) is 52.9 Å². The predicted molar refractivity (Wildman–Crippen MR) is 92.3 cm³/mol. The van der Waals surface area contributed by atoms with Crippen molar-refractivity contribution in [3.8, 4) is 6.07 Å². The molecule has 1 N–H and O–H groups in total. The molecular weight excluding hydrogens is 340 g/mol. The Morgan fingerprint density at radius 3 is 2.55 bits per heavy atom. The molecule has 0 aliphatic rings. The maximum Gasteiger partial charge on any atom is 0.266 e. The van der Waals surface area contributed by atoms with Gasteiger partial charge in [0.25, 0.3) is 5.91 Å². The number of rotatable bonds is 3. The number of hydrogen-bond acceptors (Lipinski definition) is 2. The van der Waals surface area contributed by atoms with Crippen molar-refractivity contribution >= 4 is 33.6 Å². The number of nitrogens with zero attached hydrogens (tertiary/aromatic N) is 1. The Balaban J connectivity index is 2.24. The predicted octanol–water partition coefficient (Wildman–Crippen LogP) is 4.61. The summed E-state index contributed by atoms with van der Waals surface area (Å²) in [6, 6.07) is 15.0. The number of hydrogen-bond donors (Lipinski definition) is 1. The first-order chi connectivity index (χ1) is 10.5. The molecule has 4 heteroatoms. The number of aryl methyl sites for hydroxylation is 2. The Kier molecular flexibility index (Phi) is 5.13. The van der Waals surface area contributed by atoms with Crippen molar-refractivity contribution in [1.29, 1.82) is 5.26 Å². The molecule has 2 aromatic rings. The number of nitrogens with one attached hydrogen (secondary N) is 1. The summed E-state index contributed by atoms with van der Waals surface area (Å²) < 4.78 is 0.835. The highest BCUT2D eigenvalue weighted by molar-refractivity contribution is 9.10. The second kappa shape index (κ2) is 7.06. The van der Waals surface area contributed by atoms with E-state index < -0.39 is 5.91 Å². The SMILES string of the molecule is Cc1ccc(NC(=O)/C(C#N)=C\c2ccccc2Br)cc1C. The Morgan fingerprint density at radius 1 is 1.18 bits per heavy atom. The molecule has 0 atom stereocenters. The van der Waals surface area contributed by atoms with Gasteiger partial charge in [0.05, 0.1) is 0 Å². The molecule has 0 saturated heterocycles. The molecular formula is C18H15BrN2O. The van der Waals surface area contributed by atoms with Gasteiger partial charge in [-0.3, -0.25) is 4.79 Å². The van der Waals surface area contributed by atoms with E-state index in [9.17, 15) is 10.1 Å². The van der Waals surface area contributed by atoms with Crippen LogP contribution in [-0.2, 0) is 4.79 Å². The van der Waals surface area contributed by atoms with Crippen LogP contribution in [0.2, 0.25) is 0 Å². The molecule has 110 valence electrons. The Labute approximate surface area is 138 Å². The number of nitriles is 1. The maximum atomic E-state index is 12.2. The Bertz CT molecular complexity index is 788. The first kappa shape index (κ1) is 16.0. The number of carbonyl (C=O) groups excluding carboxylic acids is 1. The van der Waals surface area contributed by atoms with E-state index in [1.54, 1.807) is 6.08 Å². The third-order valence-corrected chi connectivity index (χ3v) is 4.06. The molecule has 0 heterocycles. The molecule has 0 fully saturated rings. The van der Waals surface area contributed by atoms with E-state index >= 15 is 0 Å². The van der Waals surface area contributed by atoms with Gasteiger partial charge in [-0.2, -0.15) is 5.26 Å². The summed E-state index contributed by atoms with van der Waals surface area (Å²) in [6.07, 6.45) is 1.57. The second-order valence-electron chi connectivity index (χ2n) is 4.94. The Hall–Kier alpha value is -2.38. The largest absolute Gasteiger partial charge is 0.321 e. The summed E-state index contributed by atoms with van der Waals surface area (Å²) in [5.74, 6) is -0.415. The standard InChI is InChI=1S/C18H15BrN2O/c1-12-7-8-16(9-13(12)2)21-18(22)15(11-20)10-14-5-3-4-6-17(14)19/h3-10H,1-2H3,(H,21,22)/b15-10-. The van der Waals surface area contributed by atoms with Gasteiger partial charge in [-0.1, -0.05) is 40.2 Å². The van der Waals surface area contributed by atoms with Gasteiger partial charge in [0.2, 0.25) is 0 Å². The molecule has 0 radical (unpaired) electrons. The van der Waals surface area contributed by atoms with E-state index in [-0.39, 0.29) is 5.57 Å². The van der Waals surface area contributed by atoms with Crippen LogP contribution in [0, 0.1) is 25.2 Å².